The summed E-state index contributed by atoms with van der Waals surface area (Å²) in [5.74, 6) is -4.78. The molecule has 0 aliphatic carbocycles. The molecule has 5 aromatic rings. The summed E-state index contributed by atoms with van der Waals surface area (Å²) in [6, 6.07) is 10.3. The number of ether oxygens (including phenoxy) is 1. The predicted molar refractivity (Wildman–Crippen MR) is 145 cm³/mol. The molecule has 0 bridgehead atoms. The number of carbonyl (C=O) groups is 1. The lowest BCUT2D eigenvalue weighted by molar-refractivity contribution is -0.143. The summed E-state index contributed by atoms with van der Waals surface area (Å²) in [7, 11) is 0. The first kappa shape index (κ1) is 30.9. The first-order chi connectivity index (χ1) is 21.5. The Balaban J connectivity index is 1.34. The standard InChI is InChI=1S/C30H20F8N4O4/c1-28(31,32)13-42-24(21-22(40-41-23(21)26(42)43)19-3-2-4-20-25(19)46-27(44)39-20)15-5-7-18(8-6-15)45-12-14-9-16(29(33,34)35)11-17(10-14)30(36,37)38/h2-11,24H,12-13H2,1H3,(H,39,44)(H,40,41). The van der Waals surface area contributed by atoms with Crippen molar-refractivity contribution in [1.29, 1.82) is 0 Å². The maximum absolute atomic E-state index is 14.3. The van der Waals surface area contributed by atoms with E-state index in [1.807, 2.05) is 0 Å². The third-order valence-corrected chi connectivity index (χ3v) is 7.26. The van der Waals surface area contributed by atoms with Crippen LogP contribution in [-0.4, -0.2) is 38.5 Å². The number of alkyl halides is 8. The molecule has 240 valence electrons. The van der Waals surface area contributed by atoms with Crippen molar-refractivity contribution in [3.63, 3.8) is 0 Å². The first-order valence-corrected chi connectivity index (χ1v) is 13.4. The van der Waals surface area contributed by atoms with E-state index in [1.165, 1.54) is 24.3 Å². The Kier molecular flexibility index (Phi) is 7.20. The monoisotopic (exact) mass is 652 g/mol. The molecule has 16 heteroatoms. The molecule has 0 fully saturated rings. The van der Waals surface area contributed by atoms with Gasteiger partial charge in [-0.15, -0.1) is 0 Å². The average Bonchev–Trinajstić information content (AvgIpc) is 3.63. The molecule has 1 amide bonds. The van der Waals surface area contributed by atoms with Crippen molar-refractivity contribution in [1.82, 2.24) is 20.1 Å². The Bertz CT molecular complexity index is 1970. The summed E-state index contributed by atoms with van der Waals surface area (Å²) in [6.45, 7) is -0.977. The molecule has 0 spiro atoms. The van der Waals surface area contributed by atoms with Gasteiger partial charge in [-0.1, -0.05) is 18.2 Å². The smallest absolute Gasteiger partial charge is 0.417 e. The van der Waals surface area contributed by atoms with Crippen LogP contribution in [0.2, 0.25) is 0 Å². The Morgan fingerprint density at radius 3 is 2.17 bits per heavy atom. The van der Waals surface area contributed by atoms with Crippen LogP contribution >= 0.6 is 0 Å². The van der Waals surface area contributed by atoms with Gasteiger partial charge in [0.25, 0.3) is 11.8 Å². The lowest BCUT2D eigenvalue weighted by atomic mass is 9.95. The van der Waals surface area contributed by atoms with Crippen molar-refractivity contribution in [3.8, 4) is 17.0 Å². The Hall–Kier alpha value is -5.15. The first-order valence-electron chi connectivity index (χ1n) is 13.4. The van der Waals surface area contributed by atoms with Crippen LogP contribution in [0.15, 0.2) is 69.9 Å². The predicted octanol–water partition coefficient (Wildman–Crippen LogP) is 7.33. The van der Waals surface area contributed by atoms with E-state index in [-0.39, 0.29) is 39.9 Å². The highest BCUT2D eigenvalue weighted by Gasteiger charge is 2.45. The normalized spacial score (nSPS) is 15.5. The van der Waals surface area contributed by atoms with Gasteiger partial charge < -0.3 is 14.1 Å². The number of fused-ring (bicyclic) bond motifs is 2. The maximum atomic E-state index is 14.3. The average molecular weight is 652 g/mol. The summed E-state index contributed by atoms with van der Waals surface area (Å²) >= 11 is 0. The van der Waals surface area contributed by atoms with Gasteiger partial charge in [0.2, 0.25) is 0 Å². The van der Waals surface area contributed by atoms with Crippen LogP contribution in [0.4, 0.5) is 35.1 Å². The highest BCUT2D eigenvalue weighted by Crippen LogP contribution is 2.45. The number of rotatable bonds is 7. The maximum Gasteiger partial charge on any atom is 0.417 e. The Labute approximate surface area is 252 Å². The number of H-pyrrole nitrogens is 2. The van der Waals surface area contributed by atoms with Crippen molar-refractivity contribution in [2.24, 2.45) is 0 Å². The number of amides is 1. The van der Waals surface area contributed by atoms with Crippen molar-refractivity contribution in [2.45, 2.75) is 37.8 Å². The van der Waals surface area contributed by atoms with Crippen molar-refractivity contribution >= 4 is 17.0 Å². The van der Waals surface area contributed by atoms with Crippen LogP contribution in [0, 0.1) is 0 Å². The molecule has 0 radical (unpaired) electrons. The molecule has 46 heavy (non-hydrogen) atoms. The zero-order chi connectivity index (χ0) is 33.2. The number of aromatic amines is 2. The largest absolute Gasteiger partial charge is 0.489 e. The lowest BCUT2D eigenvalue weighted by Crippen LogP contribution is -2.38. The molecule has 3 aromatic carbocycles. The van der Waals surface area contributed by atoms with Crippen LogP contribution in [0.1, 0.15) is 51.3 Å². The molecule has 1 unspecified atom stereocenters. The minimum atomic E-state index is -5.03. The summed E-state index contributed by atoms with van der Waals surface area (Å²) < 4.78 is 119. The van der Waals surface area contributed by atoms with E-state index in [9.17, 15) is 44.7 Å². The topological polar surface area (TPSA) is 104 Å². The number of halogens is 8. The van der Waals surface area contributed by atoms with Gasteiger partial charge in [0.1, 0.15) is 23.7 Å². The number of benzene rings is 3. The van der Waals surface area contributed by atoms with Crippen molar-refractivity contribution < 1.29 is 49.1 Å². The number of aromatic nitrogens is 3. The molecule has 0 saturated carbocycles. The minimum Gasteiger partial charge on any atom is -0.489 e. The molecule has 1 aliphatic rings. The Morgan fingerprint density at radius 1 is 0.913 bits per heavy atom. The molecule has 6 rings (SSSR count). The third kappa shape index (κ3) is 5.81. The highest BCUT2D eigenvalue weighted by molar-refractivity contribution is 6.02. The van der Waals surface area contributed by atoms with Gasteiger partial charge in [-0.2, -0.15) is 31.4 Å². The van der Waals surface area contributed by atoms with Crippen LogP contribution in [-0.2, 0) is 19.0 Å². The van der Waals surface area contributed by atoms with Crippen LogP contribution in [0.5, 0.6) is 5.75 Å². The van der Waals surface area contributed by atoms with Gasteiger partial charge in [-0.05, 0) is 53.6 Å². The highest BCUT2D eigenvalue weighted by atomic mass is 19.4. The zero-order valence-corrected chi connectivity index (χ0v) is 23.3. The fourth-order valence-corrected chi connectivity index (χ4v) is 5.39. The SMILES string of the molecule is CC(F)(F)CN1C(=O)c2[nH]nc(-c3cccc4[nH]c(=O)oc34)c2C1c1ccc(OCc2cc(C(F)(F)F)cc(C(F)(F)F)c2)cc1. The summed E-state index contributed by atoms with van der Waals surface area (Å²) in [4.78, 5) is 28.7. The number of hydrogen-bond donors (Lipinski definition) is 2. The van der Waals surface area contributed by atoms with Crippen molar-refractivity contribution in [3.05, 3.63) is 105 Å². The fraction of sp³-hybridized carbons (Fsp3) is 0.233. The molecule has 2 aromatic heterocycles. The van der Waals surface area contributed by atoms with Gasteiger partial charge in [0.15, 0.2) is 5.58 Å². The molecule has 8 nitrogen and oxygen atoms in total. The van der Waals surface area contributed by atoms with E-state index < -0.39 is 60.3 Å². The van der Waals surface area contributed by atoms with Gasteiger partial charge in [-0.25, -0.2) is 13.6 Å². The van der Waals surface area contributed by atoms with Gasteiger partial charge in [0.05, 0.1) is 29.2 Å². The number of nitrogens with one attached hydrogen (secondary N) is 2. The van der Waals surface area contributed by atoms with Crippen LogP contribution < -0.4 is 10.5 Å². The molecular weight excluding hydrogens is 632 g/mol. The number of oxazole rings is 1. The number of para-hydroxylation sites is 1. The number of carbonyl (C=O) groups excluding carboxylic acids is 1. The quantitative estimate of drug-likeness (QED) is 0.179. The van der Waals surface area contributed by atoms with Crippen LogP contribution in [0.3, 0.4) is 0 Å². The van der Waals surface area contributed by atoms with E-state index >= 15 is 0 Å². The fourth-order valence-electron chi connectivity index (χ4n) is 5.39. The minimum absolute atomic E-state index is 0.00928. The van der Waals surface area contributed by atoms with E-state index in [1.54, 1.807) is 18.2 Å². The van der Waals surface area contributed by atoms with E-state index in [4.69, 9.17) is 9.15 Å². The Morgan fingerprint density at radius 2 is 1.57 bits per heavy atom. The lowest BCUT2D eigenvalue weighted by Gasteiger charge is -2.28. The third-order valence-electron chi connectivity index (χ3n) is 7.26. The second-order valence-corrected chi connectivity index (χ2v) is 10.7. The molecule has 2 N–H and O–H groups in total. The molecule has 1 atom stereocenters. The second-order valence-electron chi connectivity index (χ2n) is 10.7. The molecule has 1 aliphatic heterocycles. The van der Waals surface area contributed by atoms with E-state index in [0.717, 1.165) is 4.90 Å². The van der Waals surface area contributed by atoms with E-state index in [2.05, 4.69) is 15.2 Å². The number of nitrogens with zero attached hydrogens (tertiary/aromatic N) is 2. The summed E-state index contributed by atoms with van der Waals surface area (Å²) in [5, 5.41) is 6.83. The number of hydrogen-bond acceptors (Lipinski definition) is 5. The van der Waals surface area contributed by atoms with Gasteiger partial charge >= 0.3 is 18.1 Å². The molecule has 0 saturated heterocycles. The zero-order valence-electron chi connectivity index (χ0n) is 23.3. The van der Waals surface area contributed by atoms with Gasteiger partial charge in [0, 0.05) is 18.1 Å². The van der Waals surface area contributed by atoms with Crippen LogP contribution in [0.25, 0.3) is 22.4 Å². The second kappa shape index (κ2) is 10.7. The van der Waals surface area contributed by atoms with Gasteiger partial charge in [-0.3, -0.25) is 14.9 Å². The summed E-state index contributed by atoms with van der Waals surface area (Å²) in [5.41, 5.74) is -1.97. The van der Waals surface area contributed by atoms with E-state index in [0.29, 0.717) is 35.7 Å². The molecule has 3 heterocycles. The summed E-state index contributed by atoms with van der Waals surface area (Å²) in [6.07, 6.45) is -10.1. The molecular formula is C30H20F8N4O4. The van der Waals surface area contributed by atoms with Crippen molar-refractivity contribution in [2.75, 3.05) is 6.54 Å².